The fourth-order valence-corrected chi connectivity index (χ4v) is 1.53. The number of ether oxygens (including phenoxy) is 1. The van der Waals surface area contributed by atoms with Gasteiger partial charge in [-0.25, -0.2) is 4.79 Å². The molecule has 19 heavy (non-hydrogen) atoms. The molecule has 4 nitrogen and oxygen atoms in total. The van der Waals surface area contributed by atoms with Gasteiger partial charge in [0, 0.05) is 6.42 Å². The monoisotopic (exact) mass is 280 g/mol. The number of hydrogen-bond donors (Lipinski definition) is 1. The van der Waals surface area contributed by atoms with Gasteiger partial charge in [-0.05, 0) is 17.8 Å². The second-order valence-corrected chi connectivity index (χ2v) is 5.44. The van der Waals surface area contributed by atoms with Crippen molar-refractivity contribution in [3.8, 4) is 0 Å². The summed E-state index contributed by atoms with van der Waals surface area (Å²) in [6.07, 6.45) is -0.259. The van der Waals surface area contributed by atoms with E-state index < -0.39 is 29.7 Å². The third-order valence-corrected chi connectivity index (χ3v) is 3.47. The average molecular weight is 280 g/mol. The molecule has 0 aromatic rings. The quantitative estimate of drug-likeness (QED) is 0.694. The van der Waals surface area contributed by atoms with Gasteiger partial charge in [0.2, 0.25) is 0 Å². The summed E-state index contributed by atoms with van der Waals surface area (Å²) in [6, 6.07) is 0. The van der Waals surface area contributed by atoms with E-state index in [4.69, 9.17) is 5.11 Å². The summed E-state index contributed by atoms with van der Waals surface area (Å²) in [6.45, 7) is 6.47. The molecule has 0 saturated carbocycles. The predicted molar refractivity (Wildman–Crippen MR) is 66.0 cm³/mol. The van der Waals surface area contributed by atoms with Crippen LogP contribution in [-0.4, -0.2) is 29.6 Å². The van der Waals surface area contributed by atoms with Crippen LogP contribution in [-0.2, 0) is 14.3 Å². The molecule has 1 atom stereocenters. The van der Waals surface area contributed by atoms with Crippen molar-refractivity contribution < 1.29 is 28.2 Å². The van der Waals surface area contributed by atoms with E-state index in [-0.39, 0.29) is 18.9 Å². The van der Waals surface area contributed by atoms with Crippen molar-refractivity contribution in [2.75, 3.05) is 6.61 Å². The number of hydrogen-bond acceptors (Lipinski definition) is 3. The number of alkyl halides is 2. The zero-order valence-electron chi connectivity index (χ0n) is 11.8. The minimum atomic E-state index is -3.44. The lowest BCUT2D eigenvalue weighted by Crippen LogP contribution is -2.31. The maximum Gasteiger partial charge on any atom is 0.376 e. The average Bonchev–Trinajstić information content (AvgIpc) is 2.26. The molecule has 0 aromatic carbocycles. The van der Waals surface area contributed by atoms with E-state index in [1.54, 1.807) is 13.8 Å². The normalized spacial score (nSPS) is 14.0. The zero-order chi connectivity index (χ0) is 15.3. The molecule has 0 amide bonds. The molecule has 6 heteroatoms. The third-order valence-electron chi connectivity index (χ3n) is 3.47. The first-order chi connectivity index (χ1) is 8.53. The first-order valence-electron chi connectivity index (χ1n) is 6.29. The van der Waals surface area contributed by atoms with Gasteiger partial charge in [0.05, 0.1) is 13.0 Å². The number of aliphatic carboxylic acids is 1. The van der Waals surface area contributed by atoms with Crippen LogP contribution in [0.25, 0.3) is 0 Å². The van der Waals surface area contributed by atoms with Crippen molar-refractivity contribution in [2.45, 2.75) is 52.9 Å². The van der Waals surface area contributed by atoms with Crippen LogP contribution >= 0.6 is 0 Å². The summed E-state index contributed by atoms with van der Waals surface area (Å²) in [4.78, 5) is 21.7. The third kappa shape index (κ3) is 5.98. The van der Waals surface area contributed by atoms with Crippen LogP contribution < -0.4 is 0 Å². The Bertz CT molecular complexity index is 327. The van der Waals surface area contributed by atoms with Crippen molar-refractivity contribution in [1.29, 1.82) is 0 Å². The lowest BCUT2D eigenvalue weighted by molar-refractivity contribution is -0.173. The van der Waals surface area contributed by atoms with Gasteiger partial charge in [0.15, 0.2) is 0 Å². The molecule has 0 spiro atoms. The van der Waals surface area contributed by atoms with Gasteiger partial charge in [-0.1, -0.05) is 27.7 Å². The van der Waals surface area contributed by atoms with Gasteiger partial charge in [-0.2, -0.15) is 8.78 Å². The lowest BCUT2D eigenvalue weighted by Gasteiger charge is -2.30. The smallest absolute Gasteiger partial charge is 0.376 e. The van der Waals surface area contributed by atoms with E-state index in [9.17, 15) is 18.4 Å². The molecule has 0 rings (SSSR count). The van der Waals surface area contributed by atoms with Crippen LogP contribution in [0.15, 0.2) is 0 Å². The molecule has 112 valence electrons. The Morgan fingerprint density at radius 3 is 2.26 bits per heavy atom. The molecule has 0 radical (unpaired) electrons. The fraction of sp³-hybridized carbons (Fsp3) is 0.846. The van der Waals surface area contributed by atoms with Crippen LogP contribution in [0.1, 0.15) is 47.0 Å². The Hall–Kier alpha value is -1.20. The van der Waals surface area contributed by atoms with Crippen LogP contribution in [0.3, 0.4) is 0 Å². The van der Waals surface area contributed by atoms with Gasteiger partial charge in [0.1, 0.15) is 0 Å². The largest absolute Gasteiger partial charge is 0.481 e. The van der Waals surface area contributed by atoms with E-state index >= 15 is 0 Å². The molecule has 1 N–H and O–H groups in total. The van der Waals surface area contributed by atoms with Crippen LogP contribution in [0, 0.1) is 11.3 Å². The Kier molecular flexibility index (Phi) is 6.39. The SMILES string of the molecule is CCC(F)(F)C(=O)OCCC(C)C(C)(C)CC(=O)O. The molecule has 0 aliphatic rings. The summed E-state index contributed by atoms with van der Waals surface area (Å²) in [7, 11) is 0. The van der Waals surface area contributed by atoms with E-state index in [0.717, 1.165) is 0 Å². The minimum absolute atomic E-state index is 0.0206. The second-order valence-electron chi connectivity index (χ2n) is 5.44. The highest BCUT2D eigenvalue weighted by atomic mass is 19.3. The van der Waals surface area contributed by atoms with Crippen molar-refractivity contribution in [2.24, 2.45) is 11.3 Å². The molecule has 0 aliphatic carbocycles. The van der Waals surface area contributed by atoms with Gasteiger partial charge in [-0.3, -0.25) is 4.79 Å². The first kappa shape index (κ1) is 17.8. The van der Waals surface area contributed by atoms with Gasteiger partial charge >= 0.3 is 17.9 Å². The highest BCUT2D eigenvalue weighted by Crippen LogP contribution is 2.33. The van der Waals surface area contributed by atoms with E-state index in [2.05, 4.69) is 4.74 Å². The summed E-state index contributed by atoms with van der Waals surface area (Å²) in [5.41, 5.74) is -0.481. The van der Waals surface area contributed by atoms with Crippen LogP contribution in [0.5, 0.6) is 0 Å². The number of carboxylic acids is 1. The molecule has 0 heterocycles. The van der Waals surface area contributed by atoms with Crippen molar-refractivity contribution >= 4 is 11.9 Å². The van der Waals surface area contributed by atoms with Crippen molar-refractivity contribution in [3.05, 3.63) is 0 Å². The fourth-order valence-electron chi connectivity index (χ4n) is 1.53. The summed E-state index contributed by atoms with van der Waals surface area (Å²) in [5.74, 6) is -5.93. The number of carbonyl (C=O) groups excluding carboxylic acids is 1. The summed E-state index contributed by atoms with van der Waals surface area (Å²) in [5, 5.41) is 8.77. The molecular weight excluding hydrogens is 258 g/mol. The standard InChI is InChI=1S/C13H22F2O4/c1-5-13(14,15)11(18)19-7-6-9(2)12(3,4)8-10(16)17/h9H,5-8H2,1-4H3,(H,16,17). The molecular formula is C13H22F2O4. The van der Waals surface area contributed by atoms with Gasteiger partial charge in [-0.15, -0.1) is 0 Å². The Morgan fingerprint density at radius 2 is 1.84 bits per heavy atom. The van der Waals surface area contributed by atoms with Crippen LogP contribution in [0.4, 0.5) is 8.78 Å². The molecule has 0 bridgehead atoms. The van der Waals surface area contributed by atoms with Crippen molar-refractivity contribution in [3.63, 3.8) is 0 Å². The lowest BCUT2D eigenvalue weighted by atomic mass is 9.76. The summed E-state index contributed by atoms with van der Waals surface area (Å²) < 4.78 is 30.4. The van der Waals surface area contributed by atoms with E-state index in [1.807, 2.05) is 6.92 Å². The minimum Gasteiger partial charge on any atom is -0.481 e. The molecule has 1 unspecified atom stereocenters. The Labute approximate surface area is 112 Å². The maximum atomic E-state index is 12.9. The first-order valence-corrected chi connectivity index (χ1v) is 6.29. The highest BCUT2D eigenvalue weighted by molar-refractivity contribution is 5.77. The number of rotatable bonds is 8. The van der Waals surface area contributed by atoms with Gasteiger partial charge in [0.25, 0.3) is 0 Å². The summed E-state index contributed by atoms with van der Waals surface area (Å²) >= 11 is 0. The number of carbonyl (C=O) groups is 2. The number of esters is 1. The van der Waals surface area contributed by atoms with E-state index in [0.29, 0.717) is 6.42 Å². The number of halogens is 2. The molecule has 0 aliphatic heterocycles. The Balaban J connectivity index is 4.21. The zero-order valence-corrected chi connectivity index (χ0v) is 11.8. The maximum absolute atomic E-state index is 12.9. The molecule has 0 aromatic heterocycles. The van der Waals surface area contributed by atoms with Crippen LogP contribution in [0.2, 0.25) is 0 Å². The highest BCUT2D eigenvalue weighted by Gasteiger charge is 2.38. The second kappa shape index (κ2) is 6.82. The number of carboxylic acid groups (broad SMARTS) is 1. The topological polar surface area (TPSA) is 63.6 Å². The molecule has 0 saturated heterocycles. The molecule has 0 fully saturated rings. The van der Waals surface area contributed by atoms with Gasteiger partial charge < -0.3 is 9.84 Å². The predicted octanol–water partition coefficient (Wildman–Crippen LogP) is 3.10. The van der Waals surface area contributed by atoms with E-state index in [1.165, 1.54) is 6.92 Å². The van der Waals surface area contributed by atoms with Crippen molar-refractivity contribution in [1.82, 2.24) is 0 Å². The Morgan fingerprint density at radius 1 is 1.32 bits per heavy atom.